The van der Waals surface area contributed by atoms with Gasteiger partial charge in [0.25, 0.3) is 5.56 Å². The third kappa shape index (κ3) is 1.37. The molecule has 0 saturated heterocycles. The van der Waals surface area contributed by atoms with Gasteiger partial charge in [-0.05, 0) is 19.9 Å². The first-order chi connectivity index (χ1) is 6.58. The van der Waals surface area contributed by atoms with Crippen LogP contribution in [-0.2, 0) is 0 Å². The number of fused-ring (bicyclic) bond motifs is 1. The molecule has 0 saturated carbocycles. The van der Waals surface area contributed by atoms with Gasteiger partial charge in [0.2, 0.25) is 0 Å². The third-order valence-electron chi connectivity index (χ3n) is 1.96. The highest BCUT2D eigenvalue weighted by Gasteiger charge is 2.05. The van der Waals surface area contributed by atoms with E-state index < -0.39 is 0 Å². The molecule has 0 amide bonds. The first-order valence-electron chi connectivity index (χ1n) is 4.11. The Morgan fingerprint density at radius 2 is 2.07 bits per heavy atom. The second-order valence-electron chi connectivity index (χ2n) is 3.11. The molecule has 5 heteroatoms. The van der Waals surface area contributed by atoms with Gasteiger partial charge >= 0.3 is 0 Å². The molecule has 0 aliphatic rings. The van der Waals surface area contributed by atoms with Gasteiger partial charge in [0, 0.05) is 5.56 Å². The van der Waals surface area contributed by atoms with Crippen molar-refractivity contribution in [3.05, 3.63) is 33.0 Å². The predicted octanol–water partition coefficient (Wildman–Crippen LogP) is 1.59. The molecule has 0 bridgehead atoms. The summed E-state index contributed by atoms with van der Waals surface area (Å²) < 4.78 is 0. The van der Waals surface area contributed by atoms with Crippen LogP contribution in [-0.4, -0.2) is 15.0 Å². The lowest BCUT2D eigenvalue weighted by Gasteiger charge is -2.01. The molecule has 0 aliphatic carbocycles. The molecule has 0 aromatic carbocycles. The average molecular weight is 210 g/mol. The number of aryl methyl sites for hydroxylation is 2. The van der Waals surface area contributed by atoms with Crippen LogP contribution < -0.4 is 5.56 Å². The number of hydrogen-bond acceptors (Lipinski definition) is 3. The van der Waals surface area contributed by atoms with Crippen molar-refractivity contribution in [2.75, 3.05) is 0 Å². The normalized spacial score (nSPS) is 10.8. The number of aromatic amines is 1. The van der Waals surface area contributed by atoms with Crippen molar-refractivity contribution >= 4 is 22.6 Å². The van der Waals surface area contributed by atoms with Crippen LogP contribution in [0.15, 0.2) is 10.9 Å². The maximum Gasteiger partial charge on any atom is 0.252 e. The molecule has 0 aliphatic heterocycles. The largest absolute Gasteiger partial charge is 0.306 e. The van der Waals surface area contributed by atoms with Gasteiger partial charge in [0.1, 0.15) is 16.6 Å². The Bertz CT molecular complexity index is 562. The molecule has 2 aromatic heterocycles. The number of hydrogen-bond donors (Lipinski definition) is 1. The number of pyridine rings is 1. The lowest BCUT2D eigenvalue weighted by Crippen LogP contribution is -2.10. The molecule has 4 nitrogen and oxygen atoms in total. The first kappa shape index (κ1) is 9.15. The van der Waals surface area contributed by atoms with Gasteiger partial charge < -0.3 is 4.98 Å². The summed E-state index contributed by atoms with van der Waals surface area (Å²) in [5.41, 5.74) is 0.941. The van der Waals surface area contributed by atoms with Crippen LogP contribution in [0.5, 0.6) is 0 Å². The van der Waals surface area contributed by atoms with Gasteiger partial charge in [0.15, 0.2) is 0 Å². The molecule has 72 valence electrons. The zero-order chi connectivity index (χ0) is 10.3. The number of nitrogens with zero attached hydrogens (tertiary/aromatic N) is 2. The molecule has 2 aromatic rings. The van der Waals surface area contributed by atoms with E-state index in [1.54, 1.807) is 19.9 Å². The smallest absolute Gasteiger partial charge is 0.252 e. The zero-order valence-electron chi connectivity index (χ0n) is 7.76. The quantitative estimate of drug-likeness (QED) is 0.671. The maximum atomic E-state index is 11.3. The van der Waals surface area contributed by atoms with Crippen LogP contribution >= 0.6 is 11.6 Å². The summed E-state index contributed by atoms with van der Waals surface area (Å²) in [6.45, 7) is 3.44. The Labute approximate surface area is 85.0 Å². The molecule has 0 fully saturated rings. The van der Waals surface area contributed by atoms with Crippen molar-refractivity contribution in [3.63, 3.8) is 0 Å². The van der Waals surface area contributed by atoms with E-state index in [4.69, 9.17) is 11.6 Å². The van der Waals surface area contributed by atoms with Gasteiger partial charge in [-0.3, -0.25) is 4.79 Å². The highest BCUT2D eigenvalue weighted by Crippen LogP contribution is 2.17. The minimum absolute atomic E-state index is 0.147. The van der Waals surface area contributed by atoms with Gasteiger partial charge in [-0.25, -0.2) is 9.97 Å². The van der Waals surface area contributed by atoms with Crippen LogP contribution in [0.3, 0.4) is 0 Å². The maximum absolute atomic E-state index is 11.3. The van der Waals surface area contributed by atoms with E-state index in [2.05, 4.69) is 15.0 Å². The molecule has 0 radical (unpaired) electrons. The van der Waals surface area contributed by atoms with Crippen LogP contribution in [0, 0.1) is 13.8 Å². The van der Waals surface area contributed by atoms with Crippen molar-refractivity contribution in [1.29, 1.82) is 0 Å². The molecule has 2 heterocycles. The molecular weight excluding hydrogens is 202 g/mol. The Hall–Kier alpha value is -1.42. The lowest BCUT2D eigenvalue weighted by molar-refractivity contribution is 1.06. The van der Waals surface area contributed by atoms with Crippen molar-refractivity contribution in [2.24, 2.45) is 0 Å². The second kappa shape index (κ2) is 3.06. The third-order valence-corrected chi connectivity index (χ3v) is 2.25. The summed E-state index contributed by atoms with van der Waals surface area (Å²) in [7, 11) is 0. The minimum Gasteiger partial charge on any atom is -0.306 e. The van der Waals surface area contributed by atoms with Crippen LogP contribution in [0.2, 0.25) is 5.15 Å². The summed E-state index contributed by atoms with van der Waals surface area (Å²) in [5, 5.41) is 1.04. The van der Waals surface area contributed by atoms with Gasteiger partial charge in [-0.15, -0.1) is 0 Å². The van der Waals surface area contributed by atoms with E-state index >= 15 is 0 Å². The van der Waals surface area contributed by atoms with E-state index in [1.165, 1.54) is 0 Å². The number of aromatic nitrogens is 3. The number of nitrogens with one attached hydrogen (secondary N) is 1. The van der Waals surface area contributed by atoms with Crippen LogP contribution in [0.1, 0.15) is 11.4 Å². The SMILES string of the molecule is Cc1nc(Cl)c2cc(C)c(=O)[nH]c2n1. The molecule has 2 rings (SSSR count). The summed E-state index contributed by atoms with van der Waals surface area (Å²) in [6, 6.07) is 1.69. The molecular formula is C9H8ClN3O. The average Bonchev–Trinajstić information content (AvgIpc) is 2.08. The lowest BCUT2D eigenvalue weighted by atomic mass is 10.2. The van der Waals surface area contributed by atoms with E-state index in [9.17, 15) is 4.79 Å². The Morgan fingerprint density at radius 1 is 1.36 bits per heavy atom. The number of H-pyrrole nitrogens is 1. The Kier molecular flexibility index (Phi) is 2.00. The van der Waals surface area contributed by atoms with E-state index in [0.29, 0.717) is 27.6 Å². The van der Waals surface area contributed by atoms with Gasteiger partial charge in [-0.1, -0.05) is 11.6 Å². The van der Waals surface area contributed by atoms with Gasteiger partial charge in [-0.2, -0.15) is 0 Å². The summed E-state index contributed by atoms with van der Waals surface area (Å²) >= 11 is 5.91. The predicted molar refractivity (Wildman–Crippen MR) is 54.6 cm³/mol. The van der Waals surface area contributed by atoms with E-state index in [0.717, 1.165) is 0 Å². The van der Waals surface area contributed by atoms with Crippen molar-refractivity contribution < 1.29 is 0 Å². The Balaban J connectivity index is 2.96. The standard InChI is InChI=1S/C9H8ClN3O/c1-4-3-6-7(10)11-5(2)12-8(6)13-9(4)14/h3H,1-2H3,(H,11,12,13,14). The second-order valence-corrected chi connectivity index (χ2v) is 3.46. The van der Waals surface area contributed by atoms with Crippen molar-refractivity contribution in [3.8, 4) is 0 Å². The fraction of sp³-hybridized carbons (Fsp3) is 0.222. The fourth-order valence-electron chi connectivity index (χ4n) is 1.26. The molecule has 0 unspecified atom stereocenters. The monoisotopic (exact) mass is 209 g/mol. The fourth-order valence-corrected chi connectivity index (χ4v) is 1.52. The summed E-state index contributed by atoms with van der Waals surface area (Å²) in [6.07, 6.45) is 0. The van der Waals surface area contributed by atoms with Gasteiger partial charge in [0.05, 0.1) is 5.39 Å². The molecule has 14 heavy (non-hydrogen) atoms. The topological polar surface area (TPSA) is 58.6 Å². The van der Waals surface area contributed by atoms with Crippen molar-refractivity contribution in [1.82, 2.24) is 15.0 Å². The minimum atomic E-state index is -0.147. The van der Waals surface area contributed by atoms with Crippen LogP contribution in [0.4, 0.5) is 0 Å². The highest BCUT2D eigenvalue weighted by molar-refractivity contribution is 6.33. The molecule has 0 atom stereocenters. The number of halogens is 1. The van der Waals surface area contributed by atoms with E-state index in [-0.39, 0.29) is 5.56 Å². The summed E-state index contributed by atoms with van der Waals surface area (Å²) in [4.78, 5) is 22.0. The summed E-state index contributed by atoms with van der Waals surface area (Å²) in [5.74, 6) is 0.544. The van der Waals surface area contributed by atoms with Crippen molar-refractivity contribution in [2.45, 2.75) is 13.8 Å². The first-order valence-corrected chi connectivity index (χ1v) is 4.49. The van der Waals surface area contributed by atoms with Crippen LogP contribution in [0.25, 0.3) is 11.0 Å². The van der Waals surface area contributed by atoms with E-state index in [1.807, 2.05) is 0 Å². The number of rotatable bonds is 0. The zero-order valence-corrected chi connectivity index (χ0v) is 8.51. The molecule has 0 spiro atoms. The highest BCUT2D eigenvalue weighted by atomic mass is 35.5. The Morgan fingerprint density at radius 3 is 2.79 bits per heavy atom. The molecule has 1 N–H and O–H groups in total.